The van der Waals surface area contributed by atoms with Crippen LogP contribution in [-0.2, 0) is 15.3 Å². The van der Waals surface area contributed by atoms with Crippen LogP contribution in [0.2, 0.25) is 0 Å². The van der Waals surface area contributed by atoms with Gasteiger partial charge in [0.2, 0.25) is 16.9 Å². The molecule has 0 aliphatic carbocycles. The Morgan fingerprint density at radius 1 is 1.20 bits per heavy atom. The first-order chi connectivity index (χ1) is 14.5. The van der Waals surface area contributed by atoms with Gasteiger partial charge in [-0.05, 0) is 37.6 Å². The van der Waals surface area contributed by atoms with E-state index in [2.05, 4.69) is 15.5 Å². The summed E-state index contributed by atoms with van der Waals surface area (Å²) in [5.74, 6) is 0.0810. The summed E-state index contributed by atoms with van der Waals surface area (Å²) < 4.78 is 0. The zero-order valence-corrected chi connectivity index (χ0v) is 18.4. The molecule has 1 aliphatic heterocycles. The Morgan fingerprint density at radius 3 is 2.77 bits per heavy atom. The van der Waals surface area contributed by atoms with Gasteiger partial charge in [0, 0.05) is 23.5 Å². The molecular weight excluding hydrogens is 416 g/mol. The van der Waals surface area contributed by atoms with Crippen LogP contribution in [0.1, 0.15) is 22.6 Å². The van der Waals surface area contributed by atoms with Crippen molar-refractivity contribution in [2.24, 2.45) is 5.92 Å². The quantitative estimate of drug-likeness (QED) is 0.576. The predicted molar refractivity (Wildman–Crippen MR) is 121 cm³/mol. The molecule has 0 spiro atoms. The van der Waals surface area contributed by atoms with Crippen molar-refractivity contribution in [3.63, 3.8) is 0 Å². The minimum Gasteiger partial charge on any atom is -0.311 e. The molecule has 0 bridgehead atoms. The Kier molecular flexibility index (Phi) is 6.15. The molecule has 154 valence electrons. The van der Waals surface area contributed by atoms with E-state index in [1.165, 1.54) is 11.3 Å². The molecule has 8 heteroatoms. The summed E-state index contributed by atoms with van der Waals surface area (Å²) in [5.41, 5.74) is 3.06. The first kappa shape index (κ1) is 20.6. The minimum atomic E-state index is -0.399. The van der Waals surface area contributed by atoms with Crippen molar-refractivity contribution in [2.75, 3.05) is 16.8 Å². The summed E-state index contributed by atoms with van der Waals surface area (Å²) in [7, 11) is 0. The van der Waals surface area contributed by atoms with Crippen LogP contribution in [0, 0.1) is 19.8 Å². The number of benzene rings is 2. The second-order valence-electron chi connectivity index (χ2n) is 7.29. The van der Waals surface area contributed by atoms with Gasteiger partial charge in [-0.25, -0.2) is 0 Å². The van der Waals surface area contributed by atoms with Crippen molar-refractivity contribution in [3.8, 4) is 0 Å². The second-order valence-corrected chi connectivity index (χ2v) is 9.40. The van der Waals surface area contributed by atoms with Gasteiger partial charge >= 0.3 is 0 Å². The summed E-state index contributed by atoms with van der Waals surface area (Å²) >= 11 is 3.04. The molecule has 0 radical (unpaired) electrons. The smallest absolute Gasteiger partial charge is 0.231 e. The Hall–Kier alpha value is -2.71. The Bertz CT molecular complexity index is 1070. The predicted octanol–water partition coefficient (Wildman–Crippen LogP) is 4.44. The maximum absolute atomic E-state index is 12.7. The number of nitrogens with zero attached hydrogens (tertiary/aromatic N) is 3. The van der Waals surface area contributed by atoms with Gasteiger partial charge in [0.15, 0.2) is 0 Å². The van der Waals surface area contributed by atoms with E-state index in [0.29, 0.717) is 17.4 Å². The number of nitrogens with one attached hydrogen (secondary N) is 1. The van der Waals surface area contributed by atoms with E-state index in [4.69, 9.17) is 0 Å². The Balaban J connectivity index is 1.35. The fraction of sp³-hybridized carbons (Fsp3) is 0.273. The third-order valence-electron chi connectivity index (χ3n) is 4.94. The molecule has 2 aromatic carbocycles. The third-order valence-corrected chi connectivity index (χ3v) is 6.99. The van der Waals surface area contributed by atoms with Crippen molar-refractivity contribution >= 4 is 45.7 Å². The Morgan fingerprint density at radius 2 is 2.00 bits per heavy atom. The van der Waals surface area contributed by atoms with Crippen LogP contribution in [0.5, 0.6) is 0 Å². The highest BCUT2D eigenvalue weighted by Crippen LogP contribution is 2.30. The summed E-state index contributed by atoms with van der Waals surface area (Å²) in [6.07, 6.45) is 0.203. The highest BCUT2D eigenvalue weighted by Gasteiger charge is 2.36. The molecule has 1 atom stereocenters. The summed E-state index contributed by atoms with van der Waals surface area (Å²) in [4.78, 5) is 28.1. The van der Waals surface area contributed by atoms with Gasteiger partial charge in [-0.1, -0.05) is 47.2 Å². The fourth-order valence-electron chi connectivity index (χ4n) is 3.46. The van der Waals surface area contributed by atoms with Gasteiger partial charge in [0.05, 0.1) is 11.7 Å². The molecule has 1 unspecified atom stereocenters. The molecule has 0 saturated carbocycles. The lowest BCUT2D eigenvalue weighted by atomic mass is 10.1. The normalized spacial score (nSPS) is 16.1. The van der Waals surface area contributed by atoms with Crippen molar-refractivity contribution in [1.82, 2.24) is 10.2 Å². The first-order valence-electron chi connectivity index (χ1n) is 9.68. The zero-order valence-electron chi connectivity index (χ0n) is 16.8. The molecule has 1 saturated heterocycles. The zero-order chi connectivity index (χ0) is 21.1. The second kappa shape index (κ2) is 8.97. The van der Waals surface area contributed by atoms with Crippen LogP contribution in [0.15, 0.2) is 53.4 Å². The number of aromatic nitrogens is 2. The van der Waals surface area contributed by atoms with Crippen LogP contribution in [0.25, 0.3) is 0 Å². The average Bonchev–Trinajstić information content (AvgIpc) is 3.34. The average molecular weight is 439 g/mol. The summed E-state index contributed by atoms with van der Waals surface area (Å²) in [6.45, 7) is 4.39. The SMILES string of the molecule is Cc1ccc(N2CC(C(=O)Nc3nnc(CSc4ccccc4)s3)CC2=O)c(C)c1. The number of carbonyl (C=O) groups excluding carboxylic acids is 2. The van der Waals surface area contributed by atoms with Crippen LogP contribution in [0.4, 0.5) is 10.8 Å². The highest BCUT2D eigenvalue weighted by molar-refractivity contribution is 7.98. The molecule has 1 N–H and O–H groups in total. The number of hydrogen-bond acceptors (Lipinski definition) is 6. The molecule has 1 aliphatic rings. The van der Waals surface area contributed by atoms with E-state index in [-0.39, 0.29) is 18.2 Å². The monoisotopic (exact) mass is 438 g/mol. The molecule has 6 nitrogen and oxygen atoms in total. The number of hydrogen-bond donors (Lipinski definition) is 1. The third kappa shape index (κ3) is 4.71. The van der Waals surface area contributed by atoms with E-state index in [1.54, 1.807) is 16.7 Å². The lowest BCUT2D eigenvalue weighted by molar-refractivity contribution is -0.122. The largest absolute Gasteiger partial charge is 0.311 e. The molecule has 3 aromatic rings. The number of carbonyl (C=O) groups is 2. The van der Waals surface area contributed by atoms with E-state index < -0.39 is 5.92 Å². The molecule has 1 aromatic heterocycles. The number of aryl methyl sites for hydroxylation is 2. The molecule has 1 fully saturated rings. The standard InChI is InChI=1S/C22H22N4O2S2/c1-14-8-9-18(15(2)10-14)26-12-16(11-20(26)27)21(28)23-22-25-24-19(30-22)13-29-17-6-4-3-5-7-17/h3-10,16H,11-13H2,1-2H3,(H,23,25,28). The van der Waals surface area contributed by atoms with Crippen LogP contribution < -0.4 is 10.2 Å². The fourth-order valence-corrected chi connectivity index (χ4v) is 5.10. The molecule has 2 heterocycles. The maximum atomic E-state index is 12.7. The van der Waals surface area contributed by atoms with E-state index in [1.807, 2.05) is 62.4 Å². The number of thioether (sulfide) groups is 1. The topological polar surface area (TPSA) is 75.2 Å². The van der Waals surface area contributed by atoms with Crippen molar-refractivity contribution in [3.05, 3.63) is 64.7 Å². The van der Waals surface area contributed by atoms with E-state index in [0.717, 1.165) is 26.7 Å². The van der Waals surface area contributed by atoms with Gasteiger partial charge < -0.3 is 10.2 Å². The Labute approximate surface area is 183 Å². The van der Waals surface area contributed by atoms with E-state index >= 15 is 0 Å². The van der Waals surface area contributed by atoms with Crippen molar-refractivity contribution in [2.45, 2.75) is 30.9 Å². The lowest BCUT2D eigenvalue weighted by Crippen LogP contribution is -2.28. The summed E-state index contributed by atoms with van der Waals surface area (Å²) in [5, 5.41) is 12.4. The molecule has 2 amide bonds. The van der Waals surface area contributed by atoms with Crippen molar-refractivity contribution < 1.29 is 9.59 Å². The van der Waals surface area contributed by atoms with Crippen LogP contribution >= 0.6 is 23.1 Å². The summed E-state index contributed by atoms with van der Waals surface area (Å²) in [6, 6.07) is 16.1. The van der Waals surface area contributed by atoms with Gasteiger partial charge in [-0.15, -0.1) is 22.0 Å². The van der Waals surface area contributed by atoms with E-state index in [9.17, 15) is 9.59 Å². The van der Waals surface area contributed by atoms with Gasteiger partial charge in [0.1, 0.15) is 5.01 Å². The van der Waals surface area contributed by atoms with Crippen LogP contribution in [0.3, 0.4) is 0 Å². The molecule has 30 heavy (non-hydrogen) atoms. The number of rotatable bonds is 6. The molecular formula is C22H22N4O2S2. The van der Waals surface area contributed by atoms with Crippen molar-refractivity contribution in [1.29, 1.82) is 0 Å². The number of amides is 2. The van der Waals surface area contributed by atoms with Gasteiger partial charge in [0.25, 0.3) is 0 Å². The van der Waals surface area contributed by atoms with Gasteiger partial charge in [-0.3, -0.25) is 9.59 Å². The van der Waals surface area contributed by atoms with Gasteiger partial charge in [-0.2, -0.15) is 0 Å². The minimum absolute atomic E-state index is 0.0284. The maximum Gasteiger partial charge on any atom is 0.231 e. The van der Waals surface area contributed by atoms with Crippen LogP contribution in [-0.4, -0.2) is 28.6 Å². The highest BCUT2D eigenvalue weighted by atomic mass is 32.2. The lowest BCUT2D eigenvalue weighted by Gasteiger charge is -2.19. The first-order valence-corrected chi connectivity index (χ1v) is 11.5. The number of anilines is 2. The molecule has 4 rings (SSSR count).